The average molecular weight is 693 g/mol. The Bertz CT molecular complexity index is 1620. The average Bonchev–Trinajstić information content (AvgIpc) is 3.32. The normalized spacial score (nSPS) is 26.3. The highest BCUT2D eigenvalue weighted by Gasteiger charge is 2.40. The number of aromatic nitrogens is 2. The number of likely N-dealkylation sites (N-methyl/N-ethyl adjacent to an activating group) is 1. The van der Waals surface area contributed by atoms with Crippen molar-refractivity contribution >= 4 is 17.9 Å². The van der Waals surface area contributed by atoms with Gasteiger partial charge in [-0.1, -0.05) is 17.7 Å². The van der Waals surface area contributed by atoms with Crippen LogP contribution < -0.4 is 16.6 Å². The number of nitrogens with zero attached hydrogens (tertiary/aromatic N) is 2. The first-order valence-corrected chi connectivity index (χ1v) is 17.7. The molecule has 2 fully saturated rings. The molecule has 0 radical (unpaired) electrons. The molecular formula is C28H42FN4O11PS. The maximum Gasteiger partial charge on any atom is 0.408 e. The van der Waals surface area contributed by atoms with Crippen molar-refractivity contribution in [1.82, 2.24) is 19.5 Å². The highest BCUT2D eigenvalue weighted by Crippen LogP contribution is 2.51. The Hall–Kier alpha value is -2.31. The minimum atomic E-state index is -4.17. The van der Waals surface area contributed by atoms with Gasteiger partial charge in [0.05, 0.1) is 43.1 Å². The smallest absolute Gasteiger partial charge is 0.390 e. The van der Waals surface area contributed by atoms with E-state index in [1.807, 2.05) is 32.7 Å². The zero-order valence-corrected chi connectivity index (χ0v) is 28.1. The van der Waals surface area contributed by atoms with E-state index in [2.05, 4.69) is 5.32 Å². The quantitative estimate of drug-likeness (QED) is 0.193. The maximum atomic E-state index is 14.1. The van der Waals surface area contributed by atoms with Gasteiger partial charge in [-0.25, -0.2) is 14.0 Å². The molecule has 1 aromatic heterocycles. The van der Waals surface area contributed by atoms with Crippen molar-refractivity contribution in [2.45, 2.75) is 88.2 Å². The first kappa shape index (κ1) is 36.5. The van der Waals surface area contributed by atoms with E-state index in [0.717, 1.165) is 16.6 Å². The Labute approximate surface area is 266 Å². The first-order chi connectivity index (χ1) is 21.5. The Morgan fingerprint density at radius 3 is 2.54 bits per heavy atom. The van der Waals surface area contributed by atoms with Crippen LogP contribution in [0, 0.1) is 12.7 Å². The number of aromatic amines is 1. The zero-order chi connectivity index (χ0) is 33.9. The van der Waals surface area contributed by atoms with E-state index in [1.165, 1.54) is 23.9 Å². The van der Waals surface area contributed by atoms with Crippen LogP contribution in [0.15, 0.2) is 44.9 Å². The van der Waals surface area contributed by atoms with Crippen LogP contribution in [0.3, 0.4) is 0 Å². The summed E-state index contributed by atoms with van der Waals surface area (Å²) in [5.74, 6) is -1.21. The van der Waals surface area contributed by atoms with Crippen molar-refractivity contribution in [3.63, 3.8) is 0 Å². The topological polar surface area (TPSA) is 188 Å². The fraction of sp³-hybridized carbons (Fsp3) is 0.643. The van der Waals surface area contributed by atoms with Crippen molar-refractivity contribution in [2.75, 3.05) is 33.4 Å². The fourth-order valence-electron chi connectivity index (χ4n) is 5.28. The van der Waals surface area contributed by atoms with Crippen molar-refractivity contribution in [1.29, 1.82) is 0 Å². The van der Waals surface area contributed by atoms with Crippen LogP contribution in [0.1, 0.15) is 51.8 Å². The van der Waals surface area contributed by atoms with Gasteiger partial charge in [0.25, 0.3) is 15.7 Å². The van der Waals surface area contributed by atoms with Crippen LogP contribution in [0.25, 0.3) is 0 Å². The highest BCUT2D eigenvalue weighted by atomic mass is 32.2. The lowest BCUT2D eigenvalue weighted by atomic mass is 9.95. The van der Waals surface area contributed by atoms with Gasteiger partial charge in [0, 0.05) is 24.9 Å². The predicted molar refractivity (Wildman–Crippen MR) is 163 cm³/mol. The molecule has 258 valence electrons. The number of aliphatic hydroxyl groups excluding tert-OH is 1. The molecule has 2 aliphatic rings. The third kappa shape index (κ3) is 9.40. The van der Waals surface area contributed by atoms with Crippen LogP contribution in [0.5, 0.6) is 0 Å². The minimum absolute atomic E-state index is 0.0167. The molecule has 46 heavy (non-hydrogen) atoms. The Balaban J connectivity index is 1.42. The molecular weight excluding hydrogens is 650 g/mol. The van der Waals surface area contributed by atoms with Gasteiger partial charge in [0.2, 0.25) is 5.82 Å². The van der Waals surface area contributed by atoms with E-state index in [0.29, 0.717) is 12.6 Å². The molecule has 2 saturated heterocycles. The fourth-order valence-corrected chi connectivity index (χ4v) is 7.64. The molecule has 1 aromatic carbocycles. The maximum absolute atomic E-state index is 14.1. The van der Waals surface area contributed by atoms with Gasteiger partial charge < -0.3 is 14.6 Å². The lowest BCUT2D eigenvalue weighted by Crippen LogP contribution is -2.55. The van der Waals surface area contributed by atoms with Crippen molar-refractivity contribution < 1.29 is 45.2 Å². The third-order valence-corrected chi connectivity index (χ3v) is 10.9. The molecule has 0 saturated carbocycles. The van der Waals surface area contributed by atoms with Crippen molar-refractivity contribution in [2.24, 2.45) is 0 Å². The number of hydrogen-bond donors (Lipinski definition) is 3. The van der Waals surface area contributed by atoms with Crippen LogP contribution >= 0.6 is 7.75 Å². The van der Waals surface area contributed by atoms with E-state index in [-0.39, 0.29) is 42.7 Å². The van der Waals surface area contributed by atoms with E-state index in [4.69, 9.17) is 22.7 Å². The largest absolute Gasteiger partial charge is 0.408 e. The number of rotatable bonds is 14. The zero-order valence-electron chi connectivity index (χ0n) is 26.4. The Kier molecular flexibility index (Phi) is 11.8. The van der Waals surface area contributed by atoms with Gasteiger partial charge in [-0.15, -0.1) is 0 Å². The van der Waals surface area contributed by atoms with Gasteiger partial charge >= 0.3 is 13.4 Å². The molecule has 0 spiro atoms. The second-order valence-corrected chi connectivity index (χ2v) is 15.9. The van der Waals surface area contributed by atoms with Gasteiger partial charge in [0.15, 0.2) is 0 Å². The summed E-state index contributed by atoms with van der Waals surface area (Å²) >= 11 is 0. The number of halogens is 1. The number of H-pyrrole nitrogens is 1. The highest BCUT2D eigenvalue weighted by molar-refractivity contribution is 7.86. The summed E-state index contributed by atoms with van der Waals surface area (Å²) in [7, 11) is -6.86. The molecule has 3 N–H and O–H groups in total. The number of aliphatic hydroxyl groups is 1. The summed E-state index contributed by atoms with van der Waals surface area (Å²) in [5.41, 5.74) is -1.44. The number of benzene rings is 1. The molecule has 6 atom stereocenters. The number of hydrogen-bond acceptors (Lipinski definition) is 12. The van der Waals surface area contributed by atoms with E-state index in [9.17, 15) is 32.1 Å². The van der Waals surface area contributed by atoms with Gasteiger partial charge in [0.1, 0.15) is 18.6 Å². The summed E-state index contributed by atoms with van der Waals surface area (Å²) in [6, 6.07) is 6.12. The monoisotopic (exact) mass is 692 g/mol. The number of aryl methyl sites for hydroxylation is 1. The summed E-state index contributed by atoms with van der Waals surface area (Å²) < 4.78 is 83.5. The van der Waals surface area contributed by atoms with E-state index in [1.54, 1.807) is 12.1 Å². The summed E-state index contributed by atoms with van der Waals surface area (Å²) in [6.07, 6.45) is -2.24. The predicted octanol–water partition coefficient (Wildman–Crippen LogP) is 2.00. The minimum Gasteiger partial charge on any atom is -0.390 e. The molecule has 0 amide bonds. The molecule has 4 rings (SSSR count). The molecule has 18 heteroatoms. The summed E-state index contributed by atoms with van der Waals surface area (Å²) in [5, 5.41) is 14.0. The number of ether oxygens (including phenoxy) is 2. The van der Waals surface area contributed by atoms with Gasteiger partial charge in [-0.2, -0.15) is 12.8 Å². The van der Waals surface area contributed by atoms with Crippen LogP contribution in [-0.2, 0) is 37.4 Å². The summed E-state index contributed by atoms with van der Waals surface area (Å²) in [6.45, 7) is 6.75. The van der Waals surface area contributed by atoms with Crippen LogP contribution in [0.2, 0.25) is 0 Å². The lowest BCUT2D eigenvalue weighted by Gasteiger charge is -2.40. The third-order valence-electron chi connectivity index (χ3n) is 7.60. The van der Waals surface area contributed by atoms with Gasteiger partial charge in [-0.05, 0) is 53.3 Å². The first-order valence-electron chi connectivity index (χ1n) is 14.8. The molecule has 3 unspecified atom stereocenters. The standard InChI is InChI=1S/C28H42FN4O11PS/c1-18-6-8-20(9-7-18)46(38,39)42-13-11-32(5)45(37,40-12-10-24-31-28(3,4)15-19(2)43-24)41-17-23-22(34)14-25(44-23)33-16-21(29)26(35)30-27(33)36/h6-9,16,19,22-25,31,34H,10-15,17H2,1-5H3,(H,30,35,36)/t19?,22-,23+,24?,25+,45?/m0/s1. The molecule has 15 nitrogen and oxygen atoms in total. The lowest BCUT2D eigenvalue weighted by molar-refractivity contribution is -0.0943. The molecule has 0 bridgehead atoms. The molecule has 0 aliphatic carbocycles. The second-order valence-electron chi connectivity index (χ2n) is 12.1. The Morgan fingerprint density at radius 1 is 1.17 bits per heavy atom. The van der Waals surface area contributed by atoms with Gasteiger partial charge in [-0.3, -0.25) is 32.9 Å². The van der Waals surface area contributed by atoms with Crippen LogP contribution in [0.4, 0.5) is 4.39 Å². The second kappa shape index (κ2) is 14.8. The van der Waals surface area contributed by atoms with Crippen LogP contribution in [-0.4, -0.2) is 91.2 Å². The van der Waals surface area contributed by atoms with Crippen molar-refractivity contribution in [3.8, 4) is 0 Å². The van der Waals surface area contributed by atoms with E-state index < -0.39 is 66.2 Å². The molecule has 3 heterocycles. The Morgan fingerprint density at radius 2 is 1.87 bits per heavy atom. The van der Waals surface area contributed by atoms with Crippen molar-refractivity contribution in [3.05, 3.63) is 62.7 Å². The molecule has 2 aliphatic heterocycles. The van der Waals surface area contributed by atoms with E-state index >= 15 is 0 Å². The number of nitrogens with one attached hydrogen (secondary N) is 2. The SMILES string of the molecule is Cc1ccc(S(=O)(=O)OCCN(C)P(=O)(OCCC2NC(C)(C)CC(C)O2)OC[C@H]2O[C@@H](n3cc(F)c(=O)[nH]c3=O)C[C@@H]2O)cc1. The molecule has 2 aromatic rings. The summed E-state index contributed by atoms with van der Waals surface area (Å²) in [4.78, 5) is 25.4.